The molecule has 0 saturated heterocycles. The van der Waals surface area contributed by atoms with Gasteiger partial charge in [-0.15, -0.1) is 0 Å². The third kappa shape index (κ3) is 1.39. The molecule has 0 amide bonds. The lowest BCUT2D eigenvalue weighted by molar-refractivity contribution is 0.0913. The fraction of sp³-hybridized carbons (Fsp3) is 0.625. The van der Waals surface area contributed by atoms with Crippen LogP contribution in [0.2, 0.25) is 0 Å². The van der Waals surface area contributed by atoms with Crippen LogP contribution in [-0.4, -0.2) is 15.1 Å². The first kappa shape index (κ1) is 7.86. The molecule has 1 aliphatic carbocycles. The van der Waals surface area contributed by atoms with Crippen LogP contribution in [0.1, 0.15) is 36.3 Å². The predicted octanol–water partition coefficient (Wildman–Crippen LogP) is 1.91. The highest BCUT2D eigenvalue weighted by Crippen LogP contribution is 2.27. The highest BCUT2D eigenvalue weighted by atomic mass is 32.1. The van der Waals surface area contributed by atoms with Gasteiger partial charge in [-0.05, 0) is 24.4 Å². The van der Waals surface area contributed by atoms with E-state index >= 15 is 0 Å². The van der Waals surface area contributed by atoms with E-state index in [4.69, 9.17) is 0 Å². The molecule has 1 heterocycles. The summed E-state index contributed by atoms with van der Waals surface area (Å²) in [4.78, 5) is 15.5. The van der Waals surface area contributed by atoms with Crippen molar-refractivity contribution in [3.05, 3.63) is 11.3 Å². The van der Waals surface area contributed by atoms with Gasteiger partial charge in [0, 0.05) is 5.92 Å². The molecule has 12 heavy (non-hydrogen) atoms. The Hall–Kier alpha value is -0.770. The third-order valence-electron chi connectivity index (χ3n) is 2.31. The Labute approximate surface area is 75.0 Å². The van der Waals surface area contributed by atoms with Gasteiger partial charge in [-0.2, -0.15) is 4.37 Å². The predicted molar refractivity (Wildman–Crippen MR) is 46.2 cm³/mol. The summed E-state index contributed by atoms with van der Waals surface area (Å²) in [5.74, 6) is 0.778. The Kier molecular flexibility index (Phi) is 2.17. The molecule has 1 saturated carbocycles. The molecule has 1 aromatic rings. The van der Waals surface area contributed by atoms with Crippen LogP contribution in [0.4, 0.5) is 0 Å². The van der Waals surface area contributed by atoms with Gasteiger partial charge in [0.1, 0.15) is 5.51 Å². The summed E-state index contributed by atoms with van der Waals surface area (Å²) in [7, 11) is 0. The minimum Gasteiger partial charge on any atom is -0.290 e. The van der Waals surface area contributed by atoms with E-state index in [1.165, 1.54) is 24.4 Å². The molecule has 1 fully saturated rings. The zero-order valence-electron chi connectivity index (χ0n) is 6.69. The second-order valence-electron chi connectivity index (χ2n) is 3.10. The van der Waals surface area contributed by atoms with Crippen LogP contribution in [0.5, 0.6) is 0 Å². The van der Waals surface area contributed by atoms with Crippen molar-refractivity contribution < 1.29 is 4.79 Å². The lowest BCUT2D eigenvalue weighted by atomic mass is 10.0. The molecule has 0 unspecified atom stereocenters. The fourth-order valence-corrected chi connectivity index (χ4v) is 2.08. The smallest absolute Gasteiger partial charge is 0.209 e. The standard InChI is InChI=1S/C8H10N2OS/c11-7(6-3-1-2-4-6)8-9-5-12-10-8/h5-6H,1-4H2. The minimum atomic E-state index is 0.147. The second-order valence-corrected chi connectivity index (χ2v) is 3.70. The molecule has 0 aliphatic heterocycles. The van der Waals surface area contributed by atoms with E-state index in [-0.39, 0.29) is 11.7 Å². The Morgan fingerprint density at radius 1 is 1.50 bits per heavy atom. The van der Waals surface area contributed by atoms with Crippen LogP contribution >= 0.6 is 11.5 Å². The highest BCUT2D eigenvalue weighted by Gasteiger charge is 2.25. The molecule has 0 spiro atoms. The number of carbonyl (C=O) groups excluding carboxylic acids is 1. The summed E-state index contributed by atoms with van der Waals surface area (Å²) in [6.07, 6.45) is 4.41. The van der Waals surface area contributed by atoms with Crippen molar-refractivity contribution in [1.82, 2.24) is 9.36 Å². The monoisotopic (exact) mass is 182 g/mol. The van der Waals surface area contributed by atoms with Gasteiger partial charge in [0.25, 0.3) is 0 Å². The Bertz CT molecular complexity index is 265. The van der Waals surface area contributed by atoms with E-state index in [1.807, 2.05) is 0 Å². The van der Waals surface area contributed by atoms with Gasteiger partial charge in [-0.3, -0.25) is 4.79 Å². The largest absolute Gasteiger partial charge is 0.290 e. The second kappa shape index (κ2) is 3.31. The number of nitrogens with zero attached hydrogens (tertiary/aromatic N) is 2. The summed E-state index contributed by atoms with van der Waals surface area (Å²) < 4.78 is 3.94. The van der Waals surface area contributed by atoms with Crippen molar-refractivity contribution in [3.63, 3.8) is 0 Å². The Balaban J connectivity index is 2.09. The first-order chi connectivity index (χ1) is 5.88. The van der Waals surface area contributed by atoms with Crippen molar-refractivity contribution in [2.75, 3.05) is 0 Å². The molecular weight excluding hydrogens is 172 g/mol. The number of ketones is 1. The van der Waals surface area contributed by atoms with Gasteiger partial charge in [0.15, 0.2) is 0 Å². The lowest BCUT2D eigenvalue weighted by Gasteiger charge is -2.02. The SMILES string of the molecule is O=C(c1ncsn1)C1CCCC1. The summed E-state index contributed by atoms with van der Waals surface area (Å²) in [5, 5.41) is 0. The van der Waals surface area contributed by atoms with Crippen LogP contribution in [0.15, 0.2) is 5.51 Å². The number of rotatable bonds is 2. The van der Waals surface area contributed by atoms with Gasteiger partial charge in [0.2, 0.25) is 11.6 Å². The van der Waals surface area contributed by atoms with Crippen LogP contribution in [0.3, 0.4) is 0 Å². The number of hydrogen-bond donors (Lipinski definition) is 0. The van der Waals surface area contributed by atoms with E-state index < -0.39 is 0 Å². The molecular formula is C8H10N2OS. The van der Waals surface area contributed by atoms with Gasteiger partial charge in [-0.25, -0.2) is 4.98 Å². The van der Waals surface area contributed by atoms with Crippen molar-refractivity contribution in [1.29, 1.82) is 0 Å². The van der Waals surface area contributed by atoms with Crippen molar-refractivity contribution in [2.45, 2.75) is 25.7 Å². The summed E-state index contributed by atoms with van der Waals surface area (Å²) in [6, 6.07) is 0. The zero-order valence-corrected chi connectivity index (χ0v) is 7.51. The molecule has 0 aromatic carbocycles. The van der Waals surface area contributed by atoms with Gasteiger partial charge in [-0.1, -0.05) is 12.8 Å². The summed E-state index contributed by atoms with van der Waals surface area (Å²) >= 11 is 1.24. The van der Waals surface area contributed by atoms with E-state index in [0.29, 0.717) is 5.82 Å². The topological polar surface area (TPSA) is 42.9 Å². The molecule has 64 valence electrons. The van der Waals surface area contributed by atoms with Crippen molar-refractivity contribution in [2.24, 2.45) is 5.92 Å². The fourth-order valence-electron chi connectivity index (χ4n) is 1.65. The van der Waals surface area contributed by atoms with Crippen LogP contribution in [-0.2, 0) is 0 Å². The molecule has 3 nitrogen and oxygen atoms in total. The van der Waals surface area contributed by atoms with Crippen LogP contribution < -0.4 is 0 Å². The van der Waals surface area contributed by atoms with Crippen molar-refractivity contribution in [3.8, 4) is 0 Å². The van der Waals surface area contributed by atoms with Crippen molar-refractivity contribution >= 4 is 17.3 Å². The quantitative estimate of drug-likeness (QED) is 0.656. The molecule has 1 aliphatic rings. The van der Waals surface area contributed by atoms with Gasteiger partial charge >= 0.3 is 0 Å². The minimum absolute atomic E-state index is 0.147. The maximum Gasteiger partial charge on any atom is 0.209 e. The van der Waals surface area contributed by atoms with Gasteiger partial charge in [0.05, 0.1) is 0 Å². The van der Waals surface area contributed by atoms with E-state index in [1.54, 1.807) is 5.51 Å². The van der Waals surface area contributed by atoms with Gasteiger partial charge < -0.3 is 0 Å². The highest BCUT2D eigenvalue weighted by molar-refractivity contribution is 7.03. The first-order valence-electron chi connectivity index (χ1n) is 4.18. The summed E-state index contributed by atoms with van der Waals surface area (Å²) in [5.41, 5.74) is 1.61. The normalized spacial score (nSPS) is 18.3. The number of aromatic nitrogens is 2. The zero-order chi connectivity index (χ0) is 8.39. The Morgan fingerprint density at radius 2 is 2.25 bits per heavy atom. The third-order valence-corrected chi connectivity index (χ3v) is 2.79. The van der Waals surface area contributed by atoms with Crippen LogP contribution in [0.25, 0.3) is 0 Å². The Morgan fingerprint density at radius 3 is 2.83 bits per heavy atom. The average Bonchev–Trinajstić information content (AvgIpc) is 2.77. The molecule has 0 bridgehead atoms. The van der Waals surface area contributed by atoms with Crippen LogP contribution in [0, 0.1) is 5.92 Å². The van der Waals surface area contributed by atoms with E-state index in [2.05, 4.69) is 9.36 Å². The van der Waals surface area contributed by atoms with E-state index in [0.717, 1.165) is 12.8 Å². The van der Waals surface area contributed by atoms with E-state index in [9.17, 15) is 4.79 Å². The average molecular weight is 182 g/mol. The maximum absolute atomic E-state index is 11.6. The lowest BCUT2D eigenvalue weighted by Crippen LogP contribution is -2.12. The molecule has 1 aromatic heterocycles. The maximum atomic E-state index is 11.6. The summed E-state index contributed by atoms with van der Waals surface area (Å²) in [6.45, 7) is 0. The molecule has 2 rings (SSSR count). The number of carbonyl (C=O) groups is 1. The number of hydrogen-bond acceptors (Lipinski definition) is 4. The molecule has 0 radical (unpaired) electrons. The first-order valence-corrected chi connectivity index (χ1v) is 5.02. The number of Topliss-reactive ketones (excluding diaryl/α,β-unsaturated/α-hetero) is 1. The molecule has 4 heteroatoms. The molecule has 0 atom stereocenters. The molecule has 0 N–H and O–H groups in total.